The van der Waals surface area contributed by atoms with Crippen molar-refractivity contribution >= 4 is 0 Å². The van der Waals surface area contributed by atoms with Gasteiger partial charge >= 0.3 is 21.1 Å². The van der Waals surface area contributed by atoms with Crippen molar-refractivity contribution in [1.29, 1.82) is 0 Å². The van der Waals surface area contributed by atoms with E-state index in [2.05, 4.69) is 142 Å². The number of rotatable bonds is 4. The van der Waals surface area contributed by atoms with Crippen LogP contribution >= 0.6 is 0 Å². The Labute approximate surface area is 256 Å². The molecule has 0 aliphatic heterocycles. The molecule has 0 atom stereocenters. The first-order valence-electron chi connectivity index (χ1n) is 13.7. The Kier molecular flexibility index (Phi) is 7.06. The maximum absolute atomic E-state index is 5.38. The number of fused-ring (bicyclic) bond motifs is 3. The molecule has 0 N–H and O–H groups in total. The van der Waals surface area contributed by atoms with Crippen LogP contribution in [0.2, 0.25) is 0 Å². The minimum absolute atomic E-state index is 0. The van der Waals surface area contributed by atoms with Crippen LogP contribution in [0, 0.1) is 32.9 Å². The first-order valence-corrected chi connectivity index (χ1v) is 13.7. The normalized spacial score (nSPS) is 12.8. The Morgan fingerprint density at radius 3 is 1.68 bits per heavy atom. The summed E-state index contributed by atoms with van der Waals surface area (Å²) >= 11 is 0. The molecule has 7 rings (SSSR count). The van der Waals surface area contributed by atoms with E-state index in [0.29, 0.717) is 0 Å². The molecule has 0 unspecified atom stereocenters. The molecule has 1 aliphatic rings. The number of hydrogen-bond acceptors (Lipinski definition) is 2. The SMILES string of the molecule is Cc1cc[c-]c(-c2cccc(C3(c4cccc(-c5[c-]cc(C)c(C)c5)n4)c4ccccc4-c4ccccc43)n2)c1.[Pt+2]. The van der Waals surface area contributed by atoms with E-state index in [0.717, 1.165) is 33.9 Å². The molecular weight excluding hydrogens is 680 g/mol. The zero-order chi connectivity index (χ0) is 27.3. The smallest absolute Gasteiger partial charge is 0.300 e. The number of benzene rings is 4. The van der Waals surface area contributed by atoms with E-state index in [1.54, 1.807) is 0 Å². The summed E-state index contributed by atoms with van der Waals surface area (Å²) in [5, 5.41) is 0. The van der Waals surface area contributed by atoms with Crippen LogP contribution in [0.3, 0.4) is 0 Å². The minimum atomic E-state index is -0.678. The predicted molar refractivity (Wildman–Crippen MR) is 162 cm³/mol. The molecule has 6 aromatic rings. The van der Waals surface area contributed by atoms with Crippen LogP contribution in [-0.4, -0.2) is 9.97 Å². The van der Waals surface area contributed by atoms with Gasteiger partial charge in [0.1, 0.15) is 5.41 Å². The number of pyridine rings is 2. The standard InChI is InChI=1S/C38H28N2.Pt/c1-25-11-8-12-28(23-25)34-17-9-19-36(39-34)38(32-15-6-4-13-30(32)31-14-5-7-16-33(31)38)37-20-10-18-35(40-37)29-22-21-26(2)27(3)24-29;/h4-11,13-21,23-24H,1-3H3;/q-2;+2. The van der Waals surface area contributed by atoms with Gasteiger partial charge in [-0.1, -0.05) is 93.6 Å². The van der Waals surface area contributed by atoms with Crippen LogP contribution in [0.4, 0.5) is 0 Å². The Morgan fingerprint density at radius 1 is 0.561 bits per heavy atom. The quantitative estimate of drug-likeness (QED) is 0.171. The van der Waals surface area contributed by atoms with Crippen molar-refractivity contribution < 1.29 is 21.1 Å². The van der Waals surface area contributed by atoms with Gasteiger partial charge in [-0.15, -0.1) is 70.3 Å². The van der Waals surface area contributed by atoms with Crippen molar-refractivity contribution in [3.8, 4) is 33.6 Å². The molecule has 0 saturated heterocycles. The average Bonchev–Trinajstić information content (AvgIpc) is 3.30. The number of aromatic nitrogens is 2. The average molecular weight is 708 g/mol. The maximum atomic E-state index is 5.38. The Balaban J connectivity index is 0.00000302. The topological polar surface area (TPSA) is 25.8 Å². The molecular formula is C38H28N2Pt. The van der Waals surface area contributed by atoms with Crippen molar-refractivity contribution in [2.45, 2.75) is 26.2 Å². The van der Waals surface area contributed by atoms with Crippen molar-refractivity contribution in [1.82, 2.24) is 9.97 Å². The summed E-state index contributed by atoms with van der Waals surface area (Å²) in [7, 11) is 0. The summed E-state index contributed by atoms with van der Waals surface area (Å²) in [5.74, 6) is 0. The van der Waals surface area contributed by atoms with E-state index >= 15 is 0 Å². The molecule has 2 heterocycles. The van der Waals surface area contributed by atoms with Gasteiger partial charge in [-0.2, -0.15) is 0 Å². The summed E-state index contributed by atoms with van der Waals surface area (Å²) in [6, 6.07) is 47.3. The van der Waals surface area contributed by atoms with Gasteiger partial charge in [0.2, 0.25) is 0 Å². The minimum Gasteiger partial charge on any atom is -0.300 e. The van der Waals surface area contributed by atoms with Crippen LogP contribution in [0.15, 0.2) is 115 Å². The van der Waals surface area contributed by atoms with Crippen LogP contribution in [0.5, 0.6) is 0 Å². The fraction of sp³-hybridized carbons (Fsp3) is 0.105. The van der Waals surface area contributed by atoms with Crippen LogP contribution < -0.4 is 0 Å². The Bertz CT molecular complexity index is 1860. The second-order valence-electron chi connectivity index (χ2n) is 10.6. The van der Waals surface area contributed by atoms with Crippen LogP contribution in [-0.2, 0) is 26.5 Å². The van der Waals surface area contributed by atoms with E-state index in [4.69, 9.17) is 9.97 Å². The molecule has 0 bridgehead atoms. The van der Waals surface area contributed by atoms with E-state index in [9.17, 15) is 0 Å². The van der Waals surface area contributed by atoms with E-state index in [1.165, 1.54) is 38.9 Å². The zero-order valence-corrected chi connectivity index (χ0v) is 25.5. The maximum Gasteiger partial charge on any atom is 2.00 e. The van der Waals surface area contributed by atoms with Crippen LogP contribution in [0.1, 0.15) is 39.2 Å². The molecule has 41 heavy (non-hydrogen) atoms. The fourth-order valence-corrected chi connectivity index (χ4v) is 6.05. The predicted octanol–water partition coefficient (Wildman–Crippen LogP) is 8.70. The van der Waals surface area contributed by atoms with Crippen molar-refractivity contribution in [2.75, 3.05) is 0 Å². The summed E-state index contributed by atoms with van der Waals surface area (Å²) in [4.78, 5) is 10.7. The first-order chi connectivity index (χ1) is 19.6. The van der Waals surface area contributed by atoms with Crippen molar-refractivity contribution in [2.24, 2.45) is 0 Å². The third-order valence-electron chi connectivity index (χ3n) is 8.15. The first kappa shape index (κ1) is 27.1. The van der Waals surface area contributed by atoms with Gasteiger partial charge in [0.15, 0.2) is 0 Å². The van der Waals surface area contributed by atoms with Gasteiger partial charge in [0, 0.05) is 0 Å². The molecule has 200 valence electrons. The van der Waals surface area contributed by atoms with Gasteiger partial charge < -0.3 is 0 Å². The second-order valence-corrected chi connectivity index (χ2v) is 10.6. The van der Waals surface area contributed by atoms with E-state index in [-0.39, 0.29) is 21.1 Å². The zero-order valence-electron chi connectivity index (χ0n) is 23.2. The van der Waals surface area contributed by atoms with Gasteiger partial charge in [-0.25, -0.2) is 0 Å². The molecule has 3 heteroatoms. The van der Waals surface area contributed by atoms with Crippen molar-refractivity contribution in [3.63, 3.8) is 0 Å². The molecule has 0 spiro atoms. The summed E-state index contributed by atoms with van der Waals surface area (Å²) < 4.78 is 0. The third kappa shape index (κ3) is 4.38. The monoisotopic (exact) mass is 707 g/mol. The number of nitrogens with zero attached hydrogens (tertiary/aromatic N) is 2. The Hall–Kier alpha value is -4.13. The summed E-state index contributed by atoms with van der Waals surface area (Å²) in [6.45, 7) is 6.36. The fourth-order valence-electron chi connectivity index (χ4n) is 6.05. The molecule has 0 radical (unpaired) electrons. The van der Waals surface area contributed by atoms with Gasteiger partial charge in [0.05, 0.1) is 11.4 Å². The van der Waals surface area contributed by atoms with E-state index in [1.807, 2.05) is 6.07 Å². The largest absolute Gasteiger partial charge is 2.00 e. The molecule has 0 fully saturated rings. The molecule has 4 aromatic carbocycles. The second kappa shape index (κ2) is 10.7. The molecule has 2 aromatic heterocycles. The van der Waals surface area contributed by atoms with Gasteiger partial charge in [0.25, 0.3) is 0 Å². The molecule has 0 saturated carbocycles. The number of hydrogen-bond donors (Lipinski definition) is 0. The molecule has 2 nitrogen and oxygen atoms in total. The summed E-state index contributed by atoms with van der Waals surface area (Å²) in [6.07, 6.45) is 0. The van der Waals surface area contributed by atoms with E-state index < -0.39 is 5.41 Å². The van der Waals surface area contributed by atoms with Crippen LogP contribution in [0.25, 0.3) is 33.6 Å². The van der Waals surface area contributed by atoms with Gasteiger partial charge in [-0.3, -0.25) is 9.97 Å². The van der Waals surface area contributed by atoms with Gasteiger partial charge in [-0.05, 0) is 45.8 Å². The molecule has 1 aliphatic carbocycles. The Morgan fingerprint density at radius 2 is 1.12 bits per heavy atom. The summed E-state index contributed by atoms with van der Waals surface area (Å²) in [5.41, 5.74) is 13.5. The van der Waals surface area contributed by atoms with Crippen molar-refractivity contribution in [3.05, 3.63) is 167 Å². The molecule has 0 amide bonds. The third-order valence-corrected chi connectivity index (χ3v) is 8.15. The number of aryl methyl sites for hydroxylation is 3.